The van der Waals surface area contributed by atoms with Crippen molar-refractivity contribution in [2.24, 2.45) is 11.3 Å². The lowest BCUT2D eigenvalue weighted by molar-refractivity contribution is -0.140. The van der Waals surface area contributed by atoms with E-state index in [9.17, 15) is 4.79 Å². The number of nitrogens with one attached hydrogen (secondary N) is 1. The van der Waals surface area contributed by atoms with E-state index in [1.807, 2.05) is 0 Å². The molecule has 0 aromatic heterocycles. The van der Waals surface area contributed by atoms with E-state index in [1.165, 1.54) is 51.4 Å². The molecule has 3 heteroatoms. The second-order valence-electron chi connectivity index (χ2n) is 6.77. The van der Waals surface area contributed by atoms with Crippen molar-refractivity contribution in [1.29, 1.82) is 0 Å². The fourth-order valence-corrected chi connectivity index (χ4v) is 3.97. The van der Waals surface area contributed by atoms with Gasteiger partial charge in [-0.15, -0.1) is 0 Å². The summed E-state index contributed by atoms with van der Waals surface area (Å²) in [6.07, 6.45) is 13.1. The monoisotopic (exact) mass is 267 g/mol. The molecule has 0 aliphatic heterocycles. The summed E-state index contributed by atoms with van der Waals surface area (Å²) in [5, 5.41) is 12.8. The summed E-state index contributed by atoms with van der Waals surface area (Å²) in [6.45, 7) is 2.01. The van der Waals surface area contributed by atoms with Crippen molar-refractivity contribution in [3.05, 3.63) is 0 Å². The average molecular weight is 267 g/mol. The first kappa shape index (κ1) is 14.8. The van der Waals surface area contributed by atoms with Crippen LogP contribution in [0.15, 0.2) is 0 Å². The van der Waals surface area contributed by atoms with Crippen molar-refractivity contribution in [2.75, 3.05) is 13.1 Å². The molecule has 2 aliphatic carbocycles. The molecule has 0 bridgehead atoms. The third-order valence-corrected chi connectivity index (χ3v) is 5.10. The first-order valence-electron chi connectivity index (χ1n) is 8.13. The molecule has 3 nitrogen and oxygen atoms in total. The van der Waals surface area contributed by atoms with Crippen molar-refractivity contribution in [3.8, 4) is 0 Å². The number of carboxylic acids is 1. The minimum absolute atomic E-state index is 0.0404. The molecule has 2 fully saturated rings. The minimum atomic E-state index is -0.624. The Hall–Kier alpha value is -0.570. The Morgan fingerprint density at radius 3 is 2.32 bits per heavy atom. The van der Waals surface area contributed by atoms with Gasteiger partial charge in [0.25, 0.3) is 0 Å². The molecular weight excluding hydrogens is 238 g/mol. The maximum atomic E-state index is 11.1. The summed E-state index contributed by atoms with van der Waals surface area (Å²) in [7, 11) is 0. The molecule has 0 atom stereocenters. The van der Waals surface area contributed by atoms with Crippen LogP contribution in [-0.4, -0.2) is 24.2 Å². The molecule has 0 spiro atoms. The number of carboxylic acid groups (broad SMARTS) is 1. The van der Waals surface area contributed by atoms with Crippen molar-refractivity contribution in [1.82, 2.24) is 5.32 Å². The van der Waals surface area contributed by atoms with Crippen molar-refractivity contribution in [2.45, 2.75) is 70.6 Å². The summed E-state index contributed by atoms with van der Waals surface area (Å²) in [4.78, 5) is 11.1. The van der Waals surface area contributed by atoms with Gasteiger partial charge < -0.3 is 10.4 Å². The summed E-state index contributed by atoms with van der Waals surface area (Å²) >= 11 is 0. The Kier molecular flexibility index (Phi) is 5.68. The van der Waals surface area contributed by atoms with Gasteiger partial charge in [0, 0.05) is 6.54 Å². The van der Waals surface area contributed by atoms with Crippen LogP contribution in [0.2, 0.25) is 0 Å². The number of carbonyl (C=O) groups is 1. The van der Waals surface area contributed by atoms with Gasteiger partial charge in [-0.3, -0.25) is 4.79 Å². The quantitative estimate of drug-likeness (QED) is 0.773. The maximum absolute atomic E-state index is 11.1. The van der Waals surface area contributed by atoms with Crippen LogP contribution in [0.25, 0.3) is 0 Å². The largest absolute Gasteiger partial charge is 0.481 e. The molecular formula is C16H29NO2. The lowest BCUT2D eigenvalue weighted by Crippen LogP contribution is -2.39. The van der Waals surface area contributed by atoms with Crippen molar-refractivity contribution >= 4 is 5.97 Å². The van der Waals surface area contributed by atoms with Gasteiger partial charge in [-0.25, -0.2) is 0 Å². The number of rotatable bonds is 6. The number of hydrogen-bond donors (Lipinski definition) is 2. The van der Waals surface area contributed by atoms with Crippen LogP contribution in [0.3, 0.4) is 0 Å². The molecule has 2 saturated carbocycles. The first-order valence-corrected chi connectivity index (χ1v) is 8.13. The Morgan fingerprint density at radius 1 is 1.05 bits per heavy atom. The molecule has 2 N–H and O–H groups in total. The predicted octanol–water partition coefficient (Wildman–Crippen LogP) is 3.58. The predicted molar refractivity (Wildman–Crippen MR) is 77.2 cm³/mol. The van der Waals surface area contributed by atoms with Gasteiger partial charge in [0.1, 0.15) is 0 Å². The van der Waals surface area contributed by atoms with E-state index in [2.05, 4.69) is 5.32 Å². The lowest BCUT2D eigenvalue weighted by atomic mass is 9.71. The average Bonchev–Trinajstić information content (AvgIpc) is 2.40. The molecule has 0 aromatic carbocycles. The minimum Gasteiger partial charge on any atom is -0.481 e. The molecule has 0 amide bonds. The molecule has 110 valence electrons. The first-order chi connectivity index (χ1) is 9.20. The standard InChI is InChI=1S/C16H29NO2/c18-15(19)11-16(9-5-2-6-10-16)13-17-12-14-7-3-1-4-8-14/h14,17H,1-13H2,(H,18,19). The number of aliphatic carboxylic acids is 1. The van der Waals surface area contributed by atoms with Gasteiger partial charge in [-0.2, -0.15) is 0 Å². The summed E-state index contributed by atoms with van der Waals surface area (Å²) in [6, 6.07) is 0. The molecule has 0 unspecified atom stereocenters. The maximum Gasteiger partial charge on any atom is 0.303 e. The molecule has 0 radical (unpaired) electrons. The second kappa shape index (κ2) is 7.28. The summed E-state index contributed by atoms with van der Waals surface area (Å²) in [5.74, 6) is 0.209. The Balaban J connectivity index is 1.77. The third kappa shape index (κ3) is 4.79. The third-order valence-electron chi connectivity index (χ3n) is 5.10. The lowest BCUT2D eigenvalue weighted by Gasteiger charge is -2.37. The Morgan fingerprint density at radius 2 is 1.68 bits per heavy atom. The fraction of sp³-hybridized carbons (Fsp3) is 0.938. The van der Waals surface area contributed by atoms with Crippen LogP contribution < -0.4 is 5.32 Å². The van der Waals surface area contributed by atoms with Crippen LogP contribution in [0.4, 0.5) is 0 Å². The smallest absolute Gasteiger partial charge is 0.303 e. The van der Waals surface area contributed by atoms with Gasteiger partial charge in [-0.1, -0.05) is 38.5 Å². The zero-order valence-corrected chi connectivity index (χ0v) is 12.1. The highest BCUT2D eigenvalue weighted by Crippen LogP contribution is 2.38. The van der Waals surface area contributed by atoms with E-state index in [4.69, 9.17) is 5.11 Å². The van der Waals surface area contributed by atoms with Gasteiger partial charge in [0.05, 0.1) is 6.42 Å². The zero-order valence-electron chi connectivity index (χ0n) is 12.1. The molecule has 0 aromatic rings. The van der Waals surface area contributed by atoms with Crippen molar-refractivity contribution in [3.63, 3.8) is 0 Å². The SMILES string of the molecule is O=C(O)CC1(CNCC2CCCCC2)CCCCC1. The Labute approximate surface area is 117 Å². The van der Waals surface area contributed by atoms with E-state index in [-0.39, 0.29) is 5.41 Å². The van der Waals surface area contributed by atoms with Gasteiger partial charge in [-0.05, 0) is 43.6 Å². The fourth-order valence-electron chi connectivity index (χ4n) is 3.97. The van der Waals surface area contributed by atoms with Gasteiger partial charge >= 0.3 is 5.97 Å². The van der Waals surface area contributed by atoms with E-state index in [0.29, 0.717) is 6.42 Å². The molecule has 2 aliphatic rings. The van der Waals surface area contributed by atoms with Crippen LogP contribution in [0.1, 0.15) is 70.6 Å². The zero-order chi connectivity index (χ0) is 13.6. The highest BCUT2D eigenvalue weighted by Gasteiger charge is 2.34. The summed E-state index contributed by atoms with van der Waals surface area (Å²) < 4.78 is 0. The van der Waals surface area contributed by atoms with Gasteiger partial charge in [0.2, 0.25) is 0 Å². The second-order valence-corrected chi connectivity index (χ2v) is 6.77. The van der Waals surface area contributed by atoms with Crippen LogP contribution in [0.5, 0.6) is 0 Å². The van der Waals surface area contributed by atoms with E-state index >= 15 is 0 Å². The van der Waals surface area contributed by atoms with E-state index in [0.717, 1.165) is 31.8 Å². The van der Waals surface area contributed by atoms with Crippen LogP contribution in [-0.2, 0) is 4.79 Å². The molecule has 19 heavy (non-hydrogen) atoms. The topological polar surface area (TPSA) is 49.3 Å². The van der Waals surface area contributed by atoms with Crippen LogP contribution >= 0.6 is 0 Å². The van der Waals surface area contributed by atoms with Crippen molar-refractivity contribution < 1.29 is 9.90 Å². The molecule has 0 saturated heterocycles. The molecule has 2 rings (SSSR count). The normalized spacial score (nSPS) is 24.2. The molecule has 0 heterocycles. The Bertz CT molecular complexity index is 278. The van der Waals surface area contributed by atoms with Gasteiger partial charge in [0.15, 0.2) is 0 Å². The van der Waals surface area contributed by atoms with E-state index in [1.54, 1.807) is 0 Å². The highest BCUT2D eigenvalue weighted by molar-refractivity contribution is 5.67. The highest BCUT2D eigenvalue weighted by atomic mass is 16.4. The summed E-state index contributed by atoms with van der Waals surface area (Å²) in [5.41, 5.74) is 0.0404. The number of hydrogen-bond acceptors (Lipinski definition) is 2. The van der Waals surface area contributed by atoms with Crippen LogP contribution in [0, 0.1) is 11.3 Å². The van der Waals surface area contributed by atoms with E-state index < -0.39 is 5.97 Å².